The maximum Gasteiger partial charge on any atom is 0.277 e. The van der Waals surface area contributed by atoms with Gasteiger partial charge in [0.15, 0.2) is 0 Å². The Morgan fingerprint density at radius 2 is 2.40 bits per heavy atom. The maximum absolute atomic E-state index is 10.6. The van der Waals surface area contributed by atoms with Crippen molar-refractivity contribution >= 4 is 11.5 Å². The van der Waals surface area contributed by atoms with Crippen LogP contribution >= 0.6 is 0 Å². The van der Waals surface area contributed by atoms with Gasteiger partial charge in [-0.2, -0.15) is 0 Å². The first kappa shape index (κ1) is 11.0. The molecule has 0 aliphatic rings. The Morgan fingerprint density at radius 3 is 3.00 bits per heavy atom. The van der Waals surface area contributed by atoms with Crippen molar-refractivity contribution in [3.8, 4) is 11.8 Å². The number of aryl methyl sites for hydroxylation is 1. The highest BCUT2D eigenvalue weighted by molar-refractivity contribution is 5.49. The lowest BCUT2D eigenvalue weighted by atomic mass is 10.2. The van der Waals surface area contributed by atoms with Gasteiger partial charge in [-0.25, -0.2) is 4.98 Å². The lowest BCUT2D eigenvalue weighted by molar-refractivity contribution is -0.385. The molecule has 0 atom stereocenters. The highest BCUT2D eigenvalue weighted by Gasteiger charge is 2.11. The molecule has 5 nitrogen and oxygen atoms in total. The van der Waals surface area contributed by atoms with Gasteiger partial charge in [-0.1, -0.05) is 5.92 Å². The zero-order valence-corrected chi connectivity index (χ0v) is 8.57. The van der Waals surface area contributed by atoms with E-state index in [2.05, 4.69) is 22.1 Å². The average Bonchev–Trinajstić information content (AvgIpc) is 2.20. The highest BCUT2D eigenvalue weighted by atomic mass is 16.6. The van der Waals surface area contributed by atoms with Crippen molar-refractivity contribution in [1.29, 1.82) is 0 Å². The van der Waals surface area contributed by atoms with Gasteiger partial charge >= 0.3 is 0 Å². The Kier molecular flexibility index (Phi) is 3.63. The zero-order chi connectivity index (χ0) is 11.3. The van der Waals surface area contributed by atoms with Crippen LogP contribution in [-0.4, -0.2) is 16.5 Å². The van der Waals surface area contributed by atoms with E-state index in [1.807, 2.05) is 0 Å². The van der Waals surface area contributed by atoms with Crippen LogP contribution in [0.5, 0.6) is 0 Å². The second-order valence-electron chi connectivity index (χ2n) is 2.89. The van der Waals surface area contributed by atoms with Crippen LogP contribution in [-0.2, 0) is 0 Å². The second-order valence-corrected chi connectivity index (χ2v) is 2.89. The Labute approximate surface area is 87.7 Å². The smallest absolute Gasteiger partial charge is 0.277 e. The van der Waals surface area contributed by atoms with Gasteiger partial charge in [-0.05, 0) is 13.8 Å². The zero-order valence-electron chi connectivity index (χ0n) is 8.57. The molecule has 0 unspecified atom stereocenters. The van der Waals surface area contributed by atoms with E-state index in [0.717, 1.165) is 0 Å². The summed E-state index contributed by atoms with van der Waals surface area (Å²) >= 11 is 0. The minimum absolute atomic E-state index is 0.0666. The lowest BCUT2D eigenvalue weighted by Gasteiger charge is -2.02. The minimum atomic E-state index is -0.423. The molecule has 0 radical (unpaired) electrons. The Balaban J connectivity index is 2.86. The quantitative estimate of drug-likeness (QED) is 0.463. The lowest BCUT2D eigenvalue weighted by Crippen LogP contribution is -2.02. The minimum Gasteiger partial charge on any atom is -0.359 e. The van der Waals surface area contributed by atoms with Crippen LogP contribution in [0.25, 0.3) is 0 Å². The number of nitro groups is 1. The Hall–Kier alpha value is -2.09. The summed E-state index contributed by atoms with van der Waals surface area (Å²) in [6.45, 7) is 3.82. The fraction of sp³-hybridized carbons (Fsp3) is 0.300. The van der Waals surface area contributed by atoms with Crippen LogP contribution in [0, 0.1) is 28.9 Å². The van der Waals surface area contributed by atoms with Crippen molar-refractivity contribution in [2.24, 2.45) is 0 Å². The number of aromatic nitrogens is 1. The van der Waals surface area contributed by atoms with E-state index < -0.39 is 4.92 Å². The van der Waals surface area contributed by atoms with E-state index in [-0.39, 0.29) is 5.69 Å². The van der Waals surface area contributed by atoms with Crippen LogP contribution in [0.4, 0.5) is 11.5 Å². The number of rotatable bonds is 3. The second kappa shape index (κ2) is 4.96. The van der Waals surface area contributed by atoms with Gasteiger partial charge in [0.1, 0.15) is 5.82 Å². The molecule has 0 amide bonds. The number of anilines is 1. The van der Waals surface area contributed by atoms with Crippen molar-refractivity contribution < 1.29 is 4.92 Å². The van der Waals surface area contributed by atoms with Gasteiger partial charge in [0.25, 0.3) is 5.69 Å². The van der Waals surface area contributed by atoms with E-state index >= 15 is 0 Å². The normalized spacial score (nSPS) is 8.93. The van der Waals surface area contributed by atoms with Crippen molar-refractivity contribution in [2.75, 3.05) is 11.9 Å². The molecule has 0 saturated carbocycles. The molecule has 1 heterocycles. The number of hydrogen-bond donors (Lipinski definition) is 1. The fourth-order valence-electron chi connectivity index (χ4n) is 1.03. The van der Waals surface area contributed by atoms with Gasteiger partial charge < -0.3 is 5.32 Å². The summed E-state index contributed by atoms with van der Waals surface area (Å²) in [5.74, 6) is 5.97. The number of pyridine rings is 1. The van der Waals surface area contributed by atoms with Gasteiger partial charge in [-0.15, -0.1) is 5.92 Å². The largest absolute Gasteiger partial charge is 0.359 e. The third-order valence-electron chi connectivity index (χ3n) is 1.81. The maximum atomic E-state index is 10.6. The molecule has 0 saturated heterocycles. The molecule has 1 aromatic rings. The number of hydrogen-bond acceptors (Lipinski definition) is 4. The average molecular weight is 205 g/mol. The van der Waals surface area contributed by atoms with Gasteiger partial charge in [-0.3, -0.25) is 10.1 Å². The Bertz CT molecular complexity index is 432. The first-order valence-corrected chi connectivity index (χ1v) is 4.39. The van der Waals surface area contributed by atoms with Gasteiger partial charge in [0, 0.05) is 11.8 Å². The van der Waals surface area contributed by atoms with Crippen molar-refractivity contribution in [3.05, 3.63) is 27.9 Å². The fourth-order valence-corrected chi connectivity index (χ4v) is 1.03. The summed E-state index contributed by atoms with van der Waals surface area (Å²) in [5.41, 5.74) is 0.615. The summed E-state index contributed by atoms with van der Waals surface area (Å²) < 4.78 is 0. The number of nitrogens with one attached hydrogen (secondary N) is 1. The van der Waals surface area contributed by atoms with Crippen LogP contribution in [0.3, 0.4) is 0 Å². The molecule has 0 bridgehead atoms. The molecule has 0 aliphatic heterocycles. The Morgan fingerprint density at radius 1 is 1.67 bits per heavy atom. The topological polar surface area (TPSA) is 68.1 Å². The first-order valence-electron chi connectivity index (χ1n) is 4.39. The molecule has 78 valence electrons. The molecular formula is C10H11N3O2. The number of nitrogens with zero attached hydrogens (tertiary/aromatic N) is 2. The molecule has 15 heavy (non-hydrogen) atoms. The standard InChI is InChI=1S/C10H11N3O2/c1-3-4-5-11-10-6-9(13(14)15)8(2)7-12-10/h6-7H,5H2,1-2H3,(H,11,12). The summed E-state index contributed by atoms with van der Waals surface area (Å²) in [5, 5.41) is 13.5. The van der Waals surface area contributed by atoms with E-state index in [0.29, 0.717) is 17.9 Å². The molecule has 0 aliphatic carbocycles. The van der Waals surface area contributed by atoms with Gasteiger partial charge in [0.05, 0.1) is 17.5 Å². The predicted molar refractivity (Wildman–Crippen MR) is 57.6 cm³/mol. The van der Waals surface area contributed by atoms with Crippen LogP contribution in [0.2, 0.25) is 0 Å². The summed E-state index contributed by atoms with van der Waals surface area (Å²) in [6.07, 6.45) is 1.47. The molecule has 0 spiro atoms. The van der Waals surface area contributed by atoms with E-state index in [4.69, 9.17) is 0 Å². The van der Waals surface area contributed by atoms with E-state index in [9.17, 15) is 10.1 Å². The predicted octanol–water partition coefficient (Wildman–Crippen LogP) is 1.73. The van der Waals surface area contributed by atoms with E-state index in [1.165, 1.54) is 12.3 Å². The summed E-state index contributed by atoms with van der Waals surface area (Å²) in [7, 11) is 0. The van der Waals surface area contributed by atoms with Crippen molar-refractivity contribution in [1.82, 2.24) is 4.98 Å². The van der Waals surface area contributed by atoms with Gasteiger partial charge in [0.2, 0.25) is 0 Å². The van der Waals surface area contributed by atoms with Crippen LogP contribution < -0.4 is 5.32 Å². The highest BCUT2D eigenvalue weighted by Crippen LogP contribution is 2.19. The molecule has 1 rings (SSSR count). The molecule has 0 fully saturated rings. The first-order chi connectivity index (χ1) is 7.15. The van der Waals surface area contributed by atoms with E-state index in [1.54, 1.807) is 13.8 Å². The molecule has 1 N–H and O–H groups in total. The van der Waals surface area contributed by atoms with Crippen molar-refractivity contribution in [2.45, 2.75) is 13.8 Å². The monoisotopic (exact) mass is 205 g/mol. The van der Waals surface area contributed by atoms with Crippen molar-refractivity contribution in [3.63, 3.8) is 0 Å². The van der Waals surface area contributed by atoms with Crippen LogP contribution in [0.1, 0.15) is 12.5 Å². The molecule has 0 aromatic carbocycles. The molecule has 1 aromatic heterocycles. The third kappa shape index (κ3) is 2.95. The molecule has 5 heteroatoms. The summed E-state index contributed by atoms with van der Waals surface area (Å²) in [4.78, 5) is 14.2. The molecular weight excluding hydrogens is 194 g/mol. The third-order valence-corrected chi connectivity index (χ3v) is 1.81. The SMILES string of the molecule is CC#CCNc1cc([N+](=O)[O-])c(C)cn1. The van der Waals surface area contributed by atoms with Crippen LogP contribution in [0.15, 0.2) is 12.3 Å². The summed E-state index contributed by atoms with van der Waals surface area (Å²) in [6, 6.07) is 1.41.